The van der Waals surface area contributed by atoms with Gasteiger partial charge in [-0.1, -0.05) is 6.92 Å². The van der Waals surface area contributed by atoms with Crippen LogP contribution in [0.25, 0.3) is 0 Å². The van der Waals surface area contributed by atoms with Gasteiger partial charge in [0.1, 0.15) is 0 Å². The molecular formula is C8H20O6. The van der Waals surface area contributed by atoms with E-state index in [1.807, 2.05) is 6.92 Å². The van der Waals surface area contributed by atoms with E-state index in [4.69, 9.17) is 30.3 Å². The van der Waals surface area contributed by atoms with Crippen LogP contribution in [0, 0.1) is 0 Å². The van der Waals surface area contributed by atoms with Gasteiger partial charge in [-0.2, -0.15) is 0 Å². The van der Waals surface area contributed by atoms with Gasteiger partial charge < -0.3 is 25.5 Å². The number of carboxylic acids is 1. The second-order valence-corrected chi connectivity index (χ2v) is 2.21. The van der Waals surface area contributed by atoms with E-state index in [1.54, 1.807) is 0 Å². The van der Waals surface area contributed by atoms with E-state index in [0.29, 0.717) is 6.42 Å². The van der Waals surface area contributed by atoms with Crippen LogP contribution in [0.5, 0.6) is 0 Å². The summed E-state index contributed by atoms with van der Waals surface area (Å²) in [7, 11) is 0. The van der Waals surface area contributed by atoms with E-state index in [0.717, 1.165) is 6.92 Å². The van der Waals surface area contributed by atoms with Crippen LogP contribution in [-0.4, -0.2) is 57.4 Å². The van der Waals surface area contributed by atoms with Crippen LogP contribution in [0.4, 0.5) is 0 Å². The second-order valence-electron chi connectivity index (χ2n) is 2.21. The fraction of sp³-hybridized carbons (Fsp3) is 0.875. The first kappa shape index (κ1) is 19.0. The molecule has 88 valence electrons. The molecule has 0 amide bonds. The maximum Gasteiger partial charge on any atom is 0.300 e. The lowest BCUT2D eigenvalue weighted by molar-refractivity contribution is -0.134. The fourth-order valence-corrected chi connectivity index (χ4v) is 0.129. The van der Waals surface area contributed by atoms with Gasteiger partial charge in [-0.05, 0) is 6.42 Å². The highest BCUT2D eigenvalue weighted by atomic mass is 16.4. The number of aliphatic carboxylic acids is 1. The van der Waals surface area contributed by atoms with Crippen LogP contribution < -0.4 is 0 Å². The molecule has 0 fully saturated rings. The largest absolute Gasteiger partial charge is 0.481 e. The van der Waals surface area contributed by atoms with Crippen LogP contribution in [0.15, 0.2) is 0 Å². The number of aliphatic hydroxyl groups is 4. The Balaban J connectivity index is -0.000000135. The summed E-state index contributed by atoms with van der Waals surface area (Å²) in [6, 6.07) is 0. The third-order valence-corrected chi connectivity index (χ3v) is 0.782. The second kappa shape index (κ2) is 18.2. The molecule has 0 aromatic carbocycles. The molecule has 5 N–H and O–H groups in total. The first-order valence-electron chi connectivity index (χ1n) is 4.16. The van der Waals surface area contributed by atoms with Crippen LogP contribution in [0.1, 0.15) is 20.3 Å². The minimum absolute atomic E-state index is 0.115. The predicted molar refractivity (Wildman–Crippen MR) is 50.9 cm³/mol. The topological polar surface area (TPSA) is 118 Å². The van der Waals surface area contributed by atoms with Gasteiger partial charge in [0.15, 0.2) is 0 Å². The molecule has 0 rings (SSSR count). The van der Waals surface area contributed by atoms with Gasteiger partial charge in [0.05, 0.1) is 25.9 Å². The molecule has 0 saturated carbocycles. The summed E-state index contributed by atoms with van der Waals surface area (Å²) in [5, 5.41) is 39.2. The van der Waals surface area contributed by atoms with Gasteiger partial charge in [-0.3, -0.25) is 4.79 Å². The van der Waals surface area contributed by atoms with Crippen LogP contribution in [0.2, 0.25) is 0 Å². The molecule has 0 aliphatic carbocycles. The minimum Gasteiger partial charge on any atom is -0.481 e. The van der Waals surface area contributed by atoms with Crippen LogP contribution >= 0.6 is 0 Å². The van der Waals surface area contributed by atoms with Crippen molar-refractivity contribution >= 4 is 5.97 Å². The van der Waals surface area contributed by atoms with Crippen LogP contribution in [-0.2, 0) is 4.79 Å². The number of carboxylic acid groups (broad SMARTS) is 1. The smallest absolute Gasteiger partial charge is 0.300 e. The van der Waals surface area contributed by atoms with Crippen molar-refractivity contribution in [3.8, 4) is 0 Å². The zero-order valence-corrected chi connectivity index (χ0v) is 8.55. The average molecular weight is 212 g/mol. The van der Waals surface area contributed by atoms with Gasteiger partial charge >= 0.3 is 0 Å². The lowest BCUT2D eigenvalue weighted by Gasteiger charge is -1.97. The van der Waals surface area contributed by atoms with E-state index in [9.17, 15) is 0 Å². The number of carbonyl (C=O) groups is 1. The third kappa shape index (κ3) is 64.7. The Morgan fingerprint density at radius 2 is 1.50 bits per heavy atom. The van der Waals surface area contributed by atoms with Crippen molar-refractivity contribution in [2.75, 3.05) is 19.8 Å². The molecule has 14 heavy (non-hydrogen) atoms. The van der Waals surface area contributed by atoms with Crippen molar-refractivity contribution in [1.82, 2.24) is 0 Å². The number of hydrogen-bond acceptors (Lipinski definition) is 5. The highest BCUT2D eigenvalue weighted by Crippen LogP contribution is 1.83. The molecule has 0 aromatic heterocycles. The van der Waals surface area contributed by atoms with Gasteiger partial charge in [0.2, 0.25) is 0 Å². The Labute approximate surface area is 83.4 Å². The Hall–Kier alpha value is -0.690. The number of aliphatic hydroxyl groups excluding tert-OH is 4. The van der Waals surface area contributed by atoms with Crippen molar-refractivity contribution < 1.29 is 30.3 Å². The SMILES string of the molecule is CC(=O)O.CCC(O)CO.OCCO. The maximum absolute atomic E-state index is 9.00. The standard InChI is InChI=1S/C4H10O2.C2H4O2.C2H6O2/c1-2-4(6)3-5;1-2(3)4;3-1-2-4/h4-6H,2-3H2,1H3;1H3,(H,3,4);3-4H,1-2H2. The molecule has 0 saturated heterocycles. The van der Waals surface area contributed by atoms with Gasteiger partial charge in [-0.15, -0.1) is 0 Å². The molecule has 0 heterocycles. The van der Waals surface area contributed by atoms with Crippen molar-refractivity contribution in [1.29, 1.82) is 0 Å². The number of hydrogen-bond donors (Lipinski definition) is 5. The van der Waals surface area contributed by atoms with Gasteiger partial charge in [-0.25, -0.2) is 0 Å². The van der Waals surface area contributed by atoms with E-state index < -0.39 is 12.1 Å². The molecule has 0 radical (unpaired) electrons. The molecule has 6 nitrogen and oxygen atoms in total. The molecular weight excluding hydrogens is 192 g/mol. The first-order valence-corrected chi connectivity index (χ1v) is 4.16. The Morgan fingerprint density at radius 1 is 1.21 bits per heavy atom. The highest BCUT2D eigenvalue weighted by molar-refractivity contribution is 5.62. The lowest BCUT2D eigenvalue weighted by Crippen LogP contribution is -2.08. The van der Waals surface area contributed by atoms with Crippen molar-refractivity contribution in [2.45, 2.75) is 26.4 Å². The van der Waals surface area contributed by atoms with E-state index >= 15 is 0 Å². The van der Waals surface area contributed by atoms with E-state index in [-0.39, 0.29) is 19.8 Å². The summed E-state index contributed by atoms with van der Waals surface area (Å²) in [6.45, 7) is 2.54. The predicted octanol–water partition coefficient (Wildman–Crippen LogP) is -1.19. The van der Waals surface area contributed by atoms with E-state index in [2.05, 4.69) is 0 Å². The maximum atomic E-state index is 9.00. The third-order valence-electron chi connectivity index (χ3n) is 0.782. The van der Waals surface area contributed by atoms with Crippen molar-refractivity contribution in [3.63, 3.8) is 0 Å². The normalized spacial score (nSPS) is 10.1. The van der Waals surface area contributed by atoms with Crippen molar-refractivity contribution in [3.05, 3.63) is 0 Å². The summed E-state index contributed by atoms with van der Waals surface area (Å²) in [5.41, 5.74) is 0. The monoisotopic (exact) mass is 212 g/mol. The molecule has 1 unspecified atom stereocenters. The summed E-state index contributed by atoms with van der Waals surface area (Å²) < 4.78 is 0. The summed E-state index contributed by atoms with van der Waals surface area (Å²) in [6.07, 6.45) is 0.126. The number of rotatable bonds is 3. The fourth-order valence-electron chi connectivity index (χ4n) is 0.129. The summed E-state index contributed by atoms with van der Waals surface area (Å²) in [4.78, 5) is 9.00. The van der Waals surface area contributed by atoms with Gasteiger partial charge in [0, 0.05) is 6.92 Å². The summed E-state index contributed by atoms with van der Waals surface area (Å²) >= 11 is 0. The summed E-state index contributed by atoms with van der Waals surface area (Å²) in [5.74, 6) is -0.833. The Kier molecular flexibility index (Phi) is 24.6. The first-order chi connectivity index (χ1) is 6.45. The van der Waals surface area contributed by atoms with Crippen molar-refractivity contribution in [2.24, 2.45) is 0 Å². The highest BCUT2D eigenvalue weighted by Gasteiger charge is 1.92. The molecule has 1 atom stereocenters. The Morgan fingerprint density at radius 3 is 1.50 bits per heavy atom. The molecule has 0 bridgehead atoms. The zero-order chi connectivity index (χ0) is 12.0. The molecule has 0 aliphatic rings. The van der Waals surface area contributed by atoms with E-state index in [1.165, 1.54) is 0 Å². The Bertz CT molecular complexity index is 96.0. The molecule has 0 aliphatic heterocycles. The lowest BCUT2D eigenvalue weighted by atomic mass is 10.3. The van der Waals surface area contributed by atoms with Gasteiger partial charge in [0.25, 0.3) is 5.97 Å². The average Bonchev–Trinajstić information content (AvgIpc) is 2.16. The molecule has 0 spiro atoms. The quantitative estimate of drug-likeness (QED) is 0.401. The zero-order valence-electron chi connectivity index (χ0n) is 8.55. The minimum atomic E-state index is -0.833. The molecule has 0 aromatic rings. The van der Waals surface area contributed by atoms with Crippen LogP contribution in [0.3, 0.4) is 0 Å². The molecule has 6 heteroatoms.